The van der Waals surface area contributed by atoms with Gasteiger partial charge < -0.3 is 4.90 Å². The lowest BCUT2D eigenvalue weighted by atomic mass is 9.86. The van der Waals surface area contributed by atoms with Gasteiger partial charge >= 0.3 is 0 Å². The SMILES string of the molecule is CCl.O=C(CCCCCCC[NH+]1CCC(=C2c3ccccc3C=Cc3ccccc32)CC1)NO. The van der Waals surface area contributed by atoms with Crippen LogP contribution >= 0.6 is 11.6 Å². The van der Waals surface area contributed by atoms with Crippen LogP contribution in [0.5, 0.6) is 0 Å². The van der Waals surface area contributed by atoms with E-state index >= 15 is 0 Å². The van der Waals surface area contributed by atoms with Crippen molar-refractivity contribution >= 4 is 35.2 Å². The van der Waals surface area contributed by atoms with Crippen LogP contribution in [0.25, 0.3) is 17.7 Å². The standard InChI is InChI=1S/C28H34N2O2.CH3Cl/c31-27(29-32)14-4-2-1-3-9-19-30-20-17-24(18-21-30)28-25-12-7-5-10-22(25)15-16-23-11-6-8-13-26(23)28;1-2/h5-8,10-13,15-16,32H,1-4,9,14,17-21H2,(H,29,31);1H3/p+1. The number of benzene rings is 2. The summed E-state index contributed by atoms with van der Waals surface area (Å²) in [5, 5.41) is 8.52. The van der Waals surface area contributed by atoms with E-state index in [0.29, 0.717) is 6.42 Å². The van der Waals surface area contributed by atoms with Crippen molar-refractivity contribution in [3.8, 4) is 0 Å². The number of unbranched alkanes of at least 4 members (excludes halogenated alkanes) is 4. The highest BCUT2D eigenvalue weighted by Gasteiger charge is 2.23. The van der Waals surface area contributed by atoms with Gasteiger partial charge in [-0.05, 0) is 47.1 Å². The summed E-state index contributed by atoms with van der Waals surface area (Å²) in [6.07, 6.45) is 14.3. The number of carbonyl (C=O) groups excluding carboxylic acids is 1. The number of hydrogen-bond acceptors (Lipinski definition) is 2. The number of piperidine rings is 1. The smallest absolute Gasteiger partial charge is 0.243 e. The van der Waals surface area contributed by atoms with E-state index in [1.54, 1.807) is 16.0 Å². The van der Waals surface area contributed by atoms with Gasteiger partial charge in [-0.2, -0.15) is 0 Å². The second kappa shape index (κ2) is 14.1. The van der Waals surface area contributed by atoms with E-state index < -0.39 is 0 Å². The second-order valence-electron chi connectivity index (χ2n) is 9.04. The zero-order chi connectivity index (χ0) is 24.2. The minimum atomic E-state index is -0.276. The van der Waals surface area contributed by atoms with Gasteiger partial charge in [-0.15, -0.1) is 11.6 Å². The molecule has 182 valence electrons. The van der Waals surface area contributed by atoms with Crippen LogP contribution in [0.3, 0.4) is 0 Å². The summed E-state index contributed by atoms with van der Waals surface area (Å²) in [6, 6.07) is 17.6. The van der Waals surface area contributed by atoms with Crippen molar-refractivity contribution in [2.45, 2.75) is 51.4 Å². The first kappa shape index (κ1) is 26.2. The molecule has 0 spiro atoms. The lowest BCUT2D eigenvalue weighted by Crippen LogP contribution is -3.12. The summed E-state index contributed by atoms with van der Waals surface area (Å²) in [7, 11) is 0. The minimum absolute atomic E-state index is 0.276. The number of fused-ring (bicyclic) bond motifs is 2. The summed E-state index contributed by atoms with van der Waals surface area (Å²) >= 11 is 4.64. The van der Waals surface area contributed by atoms with Crippen molar-refractivity contribution in [1.29, 1.82) is 0 Å². The number of hydroxylamine groups is 1. The summed E-state index contributed by atoms with van der Waals surface area (Å²) in [5.74, 6) is -0.276. The molecule has 2 aromatic rings. The first-order valence-corrected chi connectivity index (χ1v) is 13.2. The van der Waals surface area contributed by atoms with Gasteiger partial charge in [0.25, 0.3) is 0 Å². The maximum absolute atomic E-state index is 11.0. The molecule has 0 aromatic heterocycles. The fourth-order valence-corrected chi connectivity index (χ4v) is 5.10. The zero-order valence-corrected chi connectivity index (χ0v) is 21.0. The molecular formula is C29H38ClN2O2+. The second-order valence-corrected chi connectivity index (χ2v) is 9.04. The van der Waals surface area contributed by atoms with Crippen molar-refractivity contribution in [2.75, 3.05) is 26.0 Å². The van der Waals surface area contributed by atoms with E-state index in [0.717, 1.165) is 12.8 Å². The number of amides is 1. The Bertz CT molecular complexity index is 938. The van der Waals surface area contributed by atoms with Crippen LogP contribution in [0.4, 0.5) is 0 Å². The summed E-state index contributed by atoms with van der Waals surface area (Å²) in [6.45, 7) is 3.68. The monoisotopic (exact) mass is 481 g/mol. The van der Waals surface area contributed by atoms with Crippen LogP contribution in [0, 0.1) is 0 Å². The number of hydrogen-bond donors (Lipinski definition) is 3. The van der Waals surface area contributed by atoms with E-state index in [9.17, 15) is 4.79 Å². The highest BCUT2D eigenvalue weighted by molar-refractivity contribution is 6.15. The van der Waals surface area contributed by atoms with Gasteiger partial charge in [0.15, 0.2) is 0 Å². The van der Waals surface area contributed by atoms with Crippen molar-refractivity contribution in [3.05, 3.63) is 76.4 Å². The Morgan fingerprint density at radius 3 is 1.97 bits per heavy atom. The zero-order valence-electron chi connectivity index (χ0n) is 20.3. The highest BCUT2D eigenvalue weighted by atomic mass is 35.5. The molecule has 2 aliphatic rings. The van der Waals surface area contributed by atoms with Crippen molar-refractivity contribution < 1.29 is 14.9 Å². The molecule has 0 radical (unpaired) electrons. The molecule has 0 saturated carbocycles. The van der Waals surface area contributed by atoms with Crippen molar-refractivity contribution in [1.82, 2.24) is 5.48 Å². The van der Waals surface area contributed by atoms with E-state index in [-0.39, 0.29) is 5.91 Å². The van der Waals surface area contributed by atoms with Gasteiger partial charge in [0, 0.05) is 25.6 Å². The average Bonchev–Trinajstić information content (AvgIpc) is 3.06. The molecule has 2 aromatic carbocycles. The molecule has 1 fully saturated rings. The maximum atomic E-state index is 11.0. The number of nitrogens with one attached hydrogen (secondary N) is 2. The lowest BCUT2D eigenvalue weighted by molar-refractivity contribution is -0.903. The normalized spacial score (nSPS) is 16.6. The quantitative estimate of drug-likeness (QED) is 0.176. The molecule has 34 heavy (non-hydrogen) atoms. The van der Waals surface area contributed by atoms with Crippen LogP contribution in [0.2, 0.25) is 0 Å². The number of alkyl halides is 1. The number of likely N-dealkylation sites (tertiary alicyclic amines) is 1. The van der Waals surface area contributed by atoms with Gasteiger partial charge in [-0.25, -0.2) is 5.48 Å². The fraction of sp³-hybridized carbons (Fsp3) is 0.414. The fourth-order valence-electron chi connectivity index (χ4n) is 5.10. The Labute approximate surface area is 209 Å². The molecule has 1 amide bonds. The molecule has 1 aliphatic carbocycles. The average molecular weight is 482 g/mol. The van der Waals surface area contributed by atoms with Gasteiger partial charge in [-0.3, -0.25) is 10.0 Å². The van der Waals surface area contributed by atoms with Crippen LogP contribution in [0.15, 0.2) is 54.1 Å². The predicted octanol–water partition coefficient (Wildman–Crippen LogP) is 5.35. The van der Waals surface area contributed by atoms with E-state index in [4.69, 9.17) is 5.21 Å². The largest absolute Gasteiger partial charge is 0.334 e. The van der Waals surface area contributed by atoms with Crippen LogP contribution in [0.1, 0.15) is 73.6 Å². The third kappa shape index (κ3) is 7.05. The third-order valence-electron chi connectivity index (χ3n) is 6.88. The summed E-state index contributed by atoms with van der Waals surface area (Å²) in [4.78, 5) is 12.8. The Morgan fingerprint density at radius 1 is 0.853 bits per heavy atom. The molecule has 1 heterocycles. The van der Waals surface area contributed by atoms with Gasteiger partial charge in [0.2, 0.25) is 5.91 Å². The molecule has 1 aliphatic heterocycles. The van der Waals surface area contributed by atoms with Crippen molar-refractivity contribution in [3.63, 3.8) is 0 Å². The molecule has 0 bridgehead atoms. The number of quaternary nitrogens is 1. The topological polar surface area (TPSA) is 53.8 Å². The predicted molar refractivity (Wildman–Crippen MR) is 142 cm³/mol. The van der Waals surface area contributed by atoms with Gasteiger partial charge in [-0.1, -0.05) is 79.1 Å². The molecule has 3 N–H and O–H groups in total. The Morgan fingerprint density at radius 2 is 1.38 bits per heavy atom. The minimum Gasteiger partial charge on any atom is -0.334 e. The van der Waals surface area contributed by atoms with Gasteiger partial charge in [0.05, 0.1) is 19.6 Å². The molecule has 0 unspecified atom stereocenters. The van der Waals surface area contributed by atoms with Crippen molar-refractivity contribution in [2.24, 2.45) is 0 Å². The summed E-state index contributed by atoms with van der Waals surface area (Å²) in [5.41, 5.74) is 10.2. The summed E-state index contributed by atoms with van der Waals surface area (Å²) < 4.78 is 0. The number of carbonyl (C=O) groups is 1. The Hall–Kier alpha value is -2.40. The number of rotatable bonds is 8. The molecule has 4 rings (SSSR count). The molecule has 4 nitrogen and oxygen atoms in total. The van der Waals surface area contributed by atoms with Crippen LogP contribution < -0.4 is 10.4 Å². The molecule has 1 saturated heterocycles. The van der Waals surface area contributed by atoms with E-state index in [2.05, 4.69) is 72.3 Å². The first-order chi connectivity index (χ1) is 16.8. The molecule has 5 heteroatoms. The highest BCUT2D eigenvalue weighted by Crippen LogP contribution is 2.37. The third-order valence-corrected chi connectivity index (χ3v) is 6.88. The Kier molecular flexibility index (Phi) is 10.9. The van der Waals surface area contributed by atoms with Gasteiger partial charge in [0.1, 0.15) is 0 Å². The van der Waals surface area contributed by atoms with E-state index in [1.807, 2.05) is 0 Å². The lowest BCUT2D eigenvalue weighted by Gasteiger charge is -2.28. The first-order valence-electron chi connectivity index (χ1n) is 12.5. The van der Waals surface area contributed by atoms with Crippen LogP contribution in [-0.4, -0.2) is 37.1 Å². The number of halogens is 1. The van der Waals surface area contributed by atoms with E-state index in [1.165, 1.54) is 85.9 Å². The van der Waals surface area contributed by atoms with Crippen LogP contribution in [-0.2, 0) is 4.79 Å². The Balaban J connectivity index is 0.00000158. The molecular weight excluding hydrogens is 444 g/mol. The molecule has 0 atom stereocenters. The maximum Gasteiger partial charge on any atom is 0.243 e.